The normalized spacial score (nSPS) is 21.1. The van der Waals surface area contributed by atoms with Crippen molar-refractivity contribution < 1.29 is 9.53 Å². The number of halogens is 2. The highest BCUT2D eigenvalue weighted by Gasteiger charge is 2.28. The third-order valence-electron chi connectivity index (χ3n) is 4.18. The zero-order chi connectivity index (χ0) is 16.8. The summed E-state index contributed by atoms with van der Waals surface area (Å²) in [4.78, 5) is 14.3. The highest BCUT2D eigenvalue weighted by molar-refractivity contribution is 9.10. The summed E-state index contributed by atoms with van der Waals surface area (Å²) < 4.78 is 6.57. The summed E-state index contributed by atoms with van der Waals surface area (Å²) >= 11 is 9.46. The van der Waals surface area contributed by atoms with Crippen molar-refractivity contribution in [3.63, 3.8) is 0 Å². The van der Waals surface area contributed by atoms with Crippen LogP contribution in [-0.2, 0) is 0 Å². The first-order valence-electron chi connectivity index (χ1n) is 8.13. The molecule has 0 bridgehead atoms. The van der Waals surface area contributed by atoms with Crippen LogP contribution in [-0.4, -0.2) is 36.2 Å². The molecule has 0 aromatic heterocycles. The molecule has 0 spiro atoms. The molecule has 0 saturated carbocycles. The van der Waals surface area contributed by atoms with Gasteiger partial charge in [-0.1, -0.05) is 27.5 Å². The smallest absolute Gasteiger partial charge is 0.317 e. The lowest BCUT2D eigenvalue weighted by Gasteiger charge is -2.38. The van der Waals surface area contributed by atoms with Crippen LogP contribution < -0.4 is 10.1 Å². The van der Waals surface area contributed by atoms with Gasteiger partial charge in [-0.05, 0) is 57.7 Å². The second kappa shape index (κ2) is 8.78. The number of benzene rings is 1. The Morgan fingerprint density at radius 1 is 1.39 bits per heavy atom. The van der Waals surface area contributed by atoms with Gasteiger partial charge in [-0.15, -0.1) is 0 Å². The van der Waals surface area contributed by atoms with Crippen molar-refractivity contribution in [1.29, 1.82) is 0 Å². The first kappa shape index (κ1) is 18.4. The number of ether oxygens (including phenoxy) is 1. The summed E-state index contributed by atoms with van der Waals surface area (Å²) in [6.45, 7) is 5.36. The standard InChI is InChI=1S/C17H24BrClN2O2/c1-12-5-3-6-13(2)21(12)17(22)20-9-4-10-23-16-8-7-14(18)11-15(16)19/h7-8,11-13H,3-6,9-10H2,1-2H3,(H,20,22). The fourth-order valence-corrected chi connectivity index (χ4v) is 3.68. The van der Waals surface area contributed by atoms with Gasteiger partial charge in [0.25, 0.3) is 0 Å². The monoisotopic (exact) mass is 402 g/mol. The molecule has 128 valence electrons. The van der Waals surface area contributed by atoms with Gasteiger partial charge in [0.15, 0.2) is 0 Å². The quantitative estimate of drug-likeness (QED) is 0.714. The SMILES string of the molecule is CC1CCCC(C)N1C(=O)NCCCOc1ccc(Br)cc1Cl. The summed E-state index contributed by atoms with van der Waals surface area (Å²) in [5.74, 6) is 0.666. The van der Waals surface area contributed by atoms with Crippen molar-refractivity contribution in [1.82, 2.24) is 10.2 Å². The lowest BCUT2D eigenvalue weighted by molar-refractivity contribution is 0.123. The molecule has 4 nitrogen and oxygen atoms in total. The van der Waals surface area contributed by atoms with Crippen LogP contribution in [0, 0.1) is 0 Å². The number of carbonyl (C=O) groups excluding carboxylic acids is 1. The maximum atomic E-state index is 12.3. The van der Waals surface area contributed by atoms with Gasteiger partial charge in [-0.3, -0.25) is 0 Å². The molecule has 2 rings (SSSR count). The lowest BCUT2D eigenvalue weighted by atomic mass is 9.98. The highest BCUT2D eigenvalue weighted by atomic mass is 79.9. The minimum atomic E-state index is 0.0337. The molecule has 6 heteroatoms. The van der Waals surface area contributed by atoms with E-state index in [0.29, 0.717) is 36.0 Å². The predicted molar refractivity (Wildman–Crippen MR) is 97.3 cm³/mol. The maximum absolute atomic E-state index is 12.3. The van der Waals surface area contributed by atoms with Crippen LogP contribution in [0.4, 0.5) is 4.79 Å². The molecule has 1 fully saturated rings. The van der Waals surface area contributed by atoms with Gasteiger partial charge in [0.05, 0.1) is 11.6 Å². The maximum Gasteiger partial charge on any atom is 0.317 e. The molecule has 1 N–H and O–H groups in total. The van der Waals surface area contributed by atoms with E-state index in [9.17, 15) is 4.79 Å². The number of piperidine rings is 1. The average Bonchev–Trinajstić information content (AvgIpc) is 2.48. The first-order chi connectivity index (χ1) is 11.0. The molecular weight excluding hydrogens is 380 g/mol. The van der Waals surface area contributed by atoms with Crippen molar-refractivity contribution in [2.75, 3.05) is 13.2 Å². The summed E-state index contributed by atoms with van der Waals surface area (Å²) in [6, 6.07) is 6.20. The summed E-state index contributed by atoms with van der Waals surface area (Å²) in [5, 5.41) is 3.57. The van der Waals surface area contributed by atoms with E-state index in [4.69, 9.17) is 16.3 Å². The predicted octanol–water partition coefficient (Wildman–Crippen LogP) is 4.84. The Hall–Kier alpha value is -0.940. The number of urea groups is 1. The topological polar surface area (TPSA) is 41.6 Å². The van der Waals surface area contributed by atoms with E-state index < -0.39 is 0 Å². The van der Waals surface area contributed by atoms with Crippen LogP contribution in [0.3, 0.4) is 0 Å². The van der Waals surface area contributed by atoms with Gasteiger partial charge in [-0.2, -0.15) is 0 Å². The van der Waals surface area contributed by atoms with Gasteiger partial charge >= 0.3 is 6.03 Å². The zero-order valence-corrected chi connectivity index (χ0v) is 16.0. The van der Waals surface area contributed by atoms with E-state index in [0.717, 1.165) is 23.7 Å². The van der Waals surface area contributed by atoms with Crippen LogP contribution in [0.1, 0.15) is 39.5 Å². The van der Waals surface area contributed by atoms with Crippen molar-refractivity contribution in [2.24, 2.45) is 0 Å². The number of rotatable bonds is 5. The Balaban J connectivity index is 1.69. The number of amides is 2. The van der Waals surface area contributed by atoms with E-state index in [1.165, 1.54) is 6.42 Å². The number of carbonyl (C=O) groups is 1. The Kier molecular flexibility index (Phi) is 7.03. The van der Waals surface area contributed by atoms with Crippen LogP contribution in [0.5, 0.6) is 5.75 Å². The first-order valence-corrected chi connectivity index (χ1v) is 9.30. The summed E-state index contributed by atoms with van der Waals surface area (Å²) in [7, 11) is 0. The Morgan fingerprint density at radius 3 is 2.74 bits per heavy atom. The van der Waals surface area contributed by atoms with Crippen LogP contribution in [0.15, 0.2) is 22.7 Å². The number of nitrogens with zero attached hydrogens (tertiary/aromatic N) is 1. The molecule has 1 aromatic rings. The molecule has 0 aliphatic carbocycles. The fraction of sp³-hybridized carbons (Fsp3) is 0.588. The summed E-state index contributed by atoms with van der Waals surface area (Å²) in [6.07, 6.45) is 4.12. The Morgan fingerprint density at radius 2 is 2.09 bits per heavy atom. The number of likely N-dealkylation sites (tertiary alicyclic amines) is 1. The van der Waals surface area contributed by atoms with Crippen molar-refractivity contribution in [3.8, 4) is 5.75 Å². The van der Waals surface area contributed by atoms with E-state index in [2.05, 4.69) is 35.1 Å². The van der Waals surface area contributed by atoms with Crippen LogP contribution >= 0.6 is 27.5 Å². The van der Waals surface area contributed by atoms with Crippen LogP contribution in [0.25, 0.3) is 0 Å². The Bertz CT molecular complexity index is 531. The minimum Gasteiger partial charge on any atom is -0.492 e. The van der Waals surface area contributed by atoms with Gasteiger partial charge < -0.3 is 15.0 Å². The molecule has 2 unspecified atom stereocenters. The van der Waals surface area contributed by atoms with Gasteiger partial charge in [0.2, 0.25) is 0 Å². The molecule has 1 saturated heterocycles. The third-order valence-corrected chi connectivity index (χ3v) is 4.97. The lowest BCUT2D eigenvalue weighted by Crippen LogP contribution is -2.52. The zero-order valence-electron chi connectivity index (χ0n) is 13.6. The van der Waals surface area contributed by atoms with E-state index in [1.807, 2.05) is 17.0 Å². The molecule has 0 radical (unpaired) electrons. The molecule has 1 aromatic carbocycles. The number of hydrogen-bond acceptors (Lipinski definition) is 2. The van der Waals surface area contributed by atoms with E-state index >= 15 is 0 Å². The number of nitrogens with one attached hydrogen (secondary N) is 1. The number of hydrogen-bond donors (Lipinski definition) is 1. The van der Waals surface area contributed by atoms with E-state index in [-0.39, 0.29) is 6.03 Å². The molecular formula is C17H24BrClN2O2. The van der Waals surface area contributed by atoms with Crippen molar-refractivity contribution in [2.45, 2.75) is 51.6 Å². The second-order valence-electron chi connectivity index (χ2n) is 6.04. The molecule has 1 aliphatic heterocycles. The van der Waals surface area contributed by atoms with E-state index in [1.54, 1.807) is 6.07 Å². The largest absolute Gasteiger partial charge is 0.492 e. The summed E-state index contributed by atoms with van der Waals surface area (Å²) in [5.41, 5.74) is 0. The molecule has 2 atom stereocenters. The Labute approximate surface area is 151 Å². The van der Waals surface area contributed by atoms with Gasteiger partial charge in [0.1, 0.15) is 5.75 Å². The minimum absolute atomic E-state index is 0.0337. The third kappa shape index (κ3) is 5.28. The molecule has 23 heavy (non-hydrogen) atoms. The fourth-order valence-electron chi connectivity index (χ4n) is 2.95. The molecule has 1 aliphatic rings. The van der Waals surface area contributed by atoms with Crippen molar-refractivity contribution >= 4 is 33.6 Å². The highest BCUT2D eigenvalue weighted by Crippen LogP contribution is 2.27. The van der Waals surface area contributed by atoms with Gasteiger partial charge in [0, 0.05) is 23.1 Å². The van der Waals surface area contributed by atoms with Crippen molar-refractivity contribution in [3.05, 3.63) is 27.7 Å². The van der Waals surface area contributed by atoms with Gasteiger partial charge in [-0.25, -0.2) is 4.79 Å². The molecule has 2 amide bonds. The second-order valence-corrected chi connectivity index (χ2v) is 7.37. The molecule has 1 heterocycles. The average molecular weight is 404 g/mol. The van der Waals surface area contributed by atoms with Crippen LogP contribution in [0.2, 0.25) is 5.02 Å².